The maximum Gasteiger partial charge on any atom is 0.159 e. The number of nitrogens with zero attached hydrogens (tertiary/aromatic N) is 1. The predicted molar refractivity (Wildman–Crippen MR) is 237 cm³/mol. The lowest BCUT2D eigenvalue weighted by atomic mass is 9.93. The highest BCUT2D eigenvalue weighted by atomic mass is 16.3. The van der Waals surface area contributed by atoms with E-state index in [-0.39, 0.29) is 0 Å². The molecule has 3 nitrogen and oxygen atoms in total. The van der Waals surface area contributed by atoms with E-state index in [1.807, 2.05) is 12.1 Å². The van der Waals surface area contributed by atoms with Gasteiger partial charge in [-0.3, -0.25) is 0 Å². The molecule has 0 fully saturated rings. The monoisotopic (exact) mass is 727 g/mol. The van der Waals surface area contributed by atoms with E-state index in [4.69, 9.17) is 8.83 Å². The molecule has 0 spiro atoms. The molecular formula is C54H33NO2. The molecule has 0 aliphatic heterocycles. The van der Waals surface area contributed by atoms with E-state index in [9.17, 15) is 0 Å². The van der Waals surface area contributed by atoms with Crippen LogP contribution in [0.5, 0.6) is 0 Å². The summed E-state index contributed by atoms with van der Waals surface area (Å²) in [6.07, 6.45) is 0. The second kappa shape index (κ2) is 12.5. The maximum absolute atomic E-state index is 7.17. The Morgan fingerprint density at radius 2 is 0.860 bits per heavy atom. The molecule has 0 unspecified atom stereocenters. The third-order valence-corrected chi connectivity index (χ3v) is 11.6. The van der Waals surface area contributed by atoms with Gasteiger partial charge in [0.05, 0.1) is 16.7 Å². The Balaban J connectivity index is 1.14. The molecule has 3 heterocycles. The van der Waals surface area contributed by atoms with Crippen LogP contribution in [0.15, 0.2) is 209 Å². The Labute approximate surface area is 328 Å². The highest BCUT2D eigenvalue weighted by Crippen LogP contribution is 2.45. The molecule has 3 aromatic heterocycles. The summed E-state index contributed by atoms with van der Waals surface area (Å²) in [5.74, 6) is 0. The van der Waals surface area contributed by atoms with Crippen LogP contribution in [-0.2, 0) is 0 Å². The van der Waals surface area contributed by atoms with Gasteiger partial charge in [0, 0.05) is 37.9 Å². The van der Waals surface area contributed by atoms with E-state index in [0.717, 1.165) is 82.9 Å². The Morgan fingerprint density at radius 1 is 0.298 bits per heavy atom. The van der Waals surface area contributed by atoms with Crippen LogP contribution in [0.2, 0.25) is 0 Å². The summed E-state index contributed by atoms with van der Waals surface area (Å²) in [5, 5.41) is 6.78. The van der Waals surface area contributed by atoms with Crippen molar-refractivity contribution >= 4 is 65.7 Å². The van der Waals surface area contributed by atoms with Crippen molar-refractivity contribution in [3.05, 3.63) is 200 Å². The highest BCUT2D eigenvalue weighted by Gasteiger charge is 2.22. The Hall–Kier alpha value is -7.62. The standard InChI is InChI=1S/C54H33NO2/c1-4-14-34(15-5-1)37-26-28-47-44(30-37)45-31-38(35-16-6-2-7-17-35)27-29-48(45)55(47)49-23-12-22-41-46-33-39(32-43(53(46)57-54(41)49)36-18-8-3-9-19-36)40-21-13-25-51-52(40)42-20-10-11-24-50(42)56-51/h1-33H. The maximum atomic E-state index is 7.17. The molecule has 3 heteroatoms. The average Bonchev–Trinajstić information content (AvgIpc) is 3.96. The van der Waals surface area contributed by atoms with Crippen molar-refractivity contribution < 1.29 is 8.83 Å². The first-order valence-corrected chi connectivity index (χ1v) is 19.4. The summed E-state index contributed by atoms with van der Waals surface area (Å²) in [7, 11) is 0. The van der Waals surface area contributed by atoms with Crippen LogP contribution in [0.3, 0.4) is 0 Å². The van der Waals surface area contributed by atoms with Gasteiger partial charge in [-0.05, 0) is 93.5 Å². The molecule has 0 aliphatic rings. The van der Waals surface area contributed by atoms with Crippen molar-refractivity contribution in [3.63, 3.8) is 0 Å². The molecule has 0 N–H and O–H groups in total. The first-order chi connectivity index (χ1) is 28.3. The lowest BCUT2D eigenvalue weighted by Crippen LogP contribution is -1.94. The topological polar surface area (TPSA) is 31.2 Å². The second-order valence-electron chi connectivity index (χ2n) is 14.8. The summed E-state index contributed by atoms with van der Waals surface area (Å²) in [5.41, 5.74) is 15.9. The van der Waals surface area contributed by atoms with E-state index >= 15 is 0 Å². The molecule has 0 saturated heterocycles. The van der Waals surface area contributed by atoms with Gasteiger partial charge in [-0.2, -0.15) is 0 Å². The number of hydrogen-bond acceptors (Lipinski definition) is 2. The highest BCUT2D eigenvalue weighted by molar-refractivity contribution is 6.18. The lowest BCUT2D eigenvalue weighted by Gasteiger charge is -2.09. The Bertz CT molecular complexity index is 3400. The first-order valence-electron chi connectivity index (χ1n) is 19.4. The van der Waals surface area contributed by atoms with Crippen LogP contribution in [0, 0.1) is 0 Å². The molecule has 0 radical (unpaired) electrons. The first kappa shape index (κ1) is 31.7. The fourth-order valence-electron chi connectivity index (χ4n) is 8.97. The van der Waals surface area contributed by atoms with Crippen molar-refractivity contribution in [2.75, 3.05) is 0 Å². The predicted octanol–water partition coefficient (Wildman–Crippen LogP) is 15.3. The largest absolute Gasteiger partial charge is 0.456 e. The molecule has 57 heavy (non-hydrogen) atoms. The second-order valence-corrected chi connectivity index (χ2v) is 14.8. The molecule has 0 bridgehead atoms. The third-order valence-electron chi connectivity index (χ3n) is 11.6. The number of furan rings is 2. The van der Waals surface area contributed by atoms with E-state index in [0.29, 0.717) is 0 Å². The summed E-state index contributed by atoms with van der Waals surface area (Å²) in [4.78, 5) is 0. The number of hydrogen-bond donors (Lipinski definition) is 0. The molecule has 0 aliphatic carbocycles. The molecule has 12 aromatic rings. The van der Waals surface area contributed by atoms with E-state index in [1.165, 1.54) is 33.0 Å². The van der Waals surface area contributed by atoms with E-state index in [2.05, 4.69) is 193 Å². The molecule has 9 aromatic carbocycles. The molecule has 0 saturated carbocycles. The van der Waals surface area contributed by atoms with Crippen molar-refractivity contribution in [2.24, 2.45) is 0 Å². The molecule has 0 amide bonds. The van der Waals surface area contributed by atoms with Gasteiger partial charge >= 0.3 is 0 Å². The third kappa shape index (κ3) is 4.92. The normalized spacial score (nSPS) is 11.9. The van der Waals surface area contributed by atoms with Gasteiger partial charge in [-0.25, -0.2) is 0 Å². The number of para-hydroxylation sites is 2. The van der Waals surface area contributed by atoms with Gasteiger partial charge in [0.15, 0.2) is 5.58 Å². The summed E-state index contributed by atoms with van der Waals surface area (Å²) in [6.45, 7) is 0. The molecular weight excluding hydrogens is 695 g/mol. The van der Waals surface area contributed by atoms with Crippen molar-refractivity contribution in [2.45, 2.75) is 0 Å². The van der Waals surface area contributed by atoms with Gasteiger partial charge in [0.2, 0.25) is 0 Å². The van der Waals surface area contributed by atoms with E-state index in [1.54, 1.807) is 0 Å². The van der Waals surface area contributed by atoms with Gasteiger partial charge in [-0.15, -0.1) is 0 Å². The summed E-state index contributed by atoms with van der Waals surface area (Å²) >= 11 is 0. The van der Waals surface area contributed by atoms with Gasteiger partial charge < -0.3 is 13.4 Å². The van der Waals surface area contributed by atoms with Crippen molar-refractivity contribution in [3.8, 4) is 50.2 Å². The molecule has 266 valence electrons. The quantitative estimate of drug-likeness (QED) is 0.177. The summed E-state index contributed by atoms with van der Waals surface area (Å²) in [6, 6.07) is 71.4. The van der Waals surface area contributed by atoms with Crippen LogP contribution in [0.1, 0.15) is 0 Å². The van der Waals surface area contributed by atoms with Crippen molar-refractivity contribution in [1.29, 1.82) is 0 Å². The fourth-order valence-corrected chi connectivity index (χ4v) is 8.97. The van der Waals surface area contributed by atoms with E-state index < -0.39 is 0 Å². The molecule has 0 atom stereocenters. The minimum Gasteiger partial charge on any atom is -0.456 e. The van der Waals surface area contributed by atoms with Crippen LogP contribution < -0.4 is 0 Å². The van der Waals surface area contributed by atoms with Crippen LogP contribution >= 0.6 is 0 Å². The van der Waals surface area contributed by atoms with Crippen LogP contribution in [0.4, 0.5) is 0 Å². The number of aromatic nitrogens is 1. The SMILES string of the molecule is c1ccc(-c2ccc3c(c2)c2cc(-c4ccccc4)ccc2n3-c2cccc3c2oc2c(-c4ccccc4)cc(-c4cccc5oc6ccccc6c45)cc23)cc1. The minimum atomic E-state index is 0.854. The molecule has 12 rings (SSSR count). The zero-order valence-electron chi connectivity index (χ0n) is 30.8. The zero-order chi connectivity index (χ0) is 37.5. The van der Waals surface area contributed by atoms with Gasteiger partial charge in [0.1, 0.15) is 16.7 Å². The van der Waals surface area contributed by atoms with Gasteiger partial charge in [-0.1, -0.05) is 146 Å². The van der Waals surface area contributed by atoms with Crippen molar-refractivity contribution in [1.82, 2.24) is 4.57 Å². The fraction of sp³-hybridized carbons (Fsp3) is 0. The number of rotatable bonds is 5. The Kier molecular flexibility index (Phi) is 6.93. The Morgan fingerprint density at radius 3 is 1.54 bits per heavy atom. The summed E-state index contributed by atoms with van der Waals surface area (Å²) < 4.78 is 15.9. The zero-order valence-corrected chi connectivity index (χ0v) is 30.8. The lowest BCUT2D eigenvalue weighted by molar-refractivity contribution is 0.667. The number of benzene rings is 9. The van der Waals surface area contributed by atoms with Crippen LogP contribution in [0.25, 0.3) is 116 Å². The van der Waals surface area contributed by atoms with Gasteiger partial charge in [0.25, 0.3) is 0 Å². The average molecular weight is 728 g/mol. The smallest absolute Gasteiger partial charge is 0.159 e. The minimum absolute atomic E-state index is 0.854. The number of fused-ring (bicyclic) bond motifs is 9. The van der Waals surface area contributed by atoms with Crippen LogP contribution in [-0.4, -0.2) is 4.57 Å².